The lowest BCUT2D eigenvalue weighted by molar-refractivity contribution is 0.134. The van der Waals surface area contributed by atoms with Crippen LogP contribution in [0.4, 0.5) is 0 Å². The highest BCUT2D eigenvalue weighted by Gasteiger charge is 2.20. The van der Waals surface area contributed by atoms with Gasteiger partial charge < -0.3 is 4.74 Å². The van der Waals surface area contributed by atoms with Gasteiger partial charge >= 0.3 is 0 Å². The summed E-state index contributed by atoms with van der Waals surface area (Å²) in [5.74, 6) is 0. The Hall–Kier alpha value is -2.67. The molecule has 0 N–H and O–H groups in total. The SMILES string of the molecule is Cn1c(=O)c2ccc(-c3cnc(Cl)nc3)cc2n1Cc1c(Cl)ccc2c1COC2. The average Bonchev–Trinajstić information content (AvgIpc) is 3.29. The first-order chi connectivity index (χ1) is 14.0. The van der Waals surface area contributed by atoms with E-state index in [1.807, 2.05) is 35.0 Å². The van der Waals surface area contributed by atoms with Gasteiger partial charge in [-0.3, -0.25) is 14.2 Å². The van der Waals surface area contributed by atoms with Gasteiger partial charge in [-0.15, -0.1) is 0 Å². The van der Waals surface area contributed by atoms with E-state index in [9.17, 15) is 4.79 Å². The minimum absolute atomic E-state index is 0.0566. The van der Waals surface area contributed by atoms with Crippen LogP contribution < -0.4 is 5.56 Å². The number of aromatic nitrogens is 4. The molecule has 146 valence electrons. The second-order valence-corrected chi connectivity index (χ2v) is 7.76. The molecule has 1 aliphatic heterocycles. The molecule has 6 nitrogen and oxygen atoms in total. The van der Waals surface area contributed by atoms with Crippen LogP contribution in [0.1, 0.15) is 16.7 Å². The third kappa shape index (κ3) is 3.04. The summed E-state index contributed by atoms with van der Waals surface area (Å²) in [6.07, 6.45) is 3.33. The number of hydrogen-bond acceptors (Lipinski definition) is 4. The quantitative estimate of drug-likeness (QED) is 0.461. The maximum atomic E-state index is 12.8. The third-order valence-corrected chi connectivity index (χ3v) is 5.95. The number of benzene rings is 2. The molecule has 5 rings (SSSR count). The zero-order chi connectivity index (χ0) is 20.1. The molecule has 0 spiro atoms. The van der Waals surface area contributed by atoms with E-state index < -0.39 is 0 Å². The zero-order valence-corrected chi connectivity index (χ0v) is 17.0. The molecule has 0 saturated heterocycles. The summed E-state index contributed by atoms with van der Waals surface area (Å²) in [7, 11) is 1.76. The number of fused-ring (bicyclic) bond motifs is 2. The summed E-state index contributed by atoms with van der Waals surface area (Å²) < 4.78 is 9.16. The first-order valence-corrected chi connectivity index (χ1v) is 9.83. The fourth-order valence-corrected chi connectivity index (χ4v) is 4.15. The van der Waals surface area contributed by atoms with E-state index in [1.165, 1.54) is 0 Å². The second kappa shape index (κ2) is 6.99. The third-order valence-electron chi connectivity index (χ3n) is 5.40. The maximum absolute atomic E-state index is 12.8. The van der Waals surface area contributed by atoms with Gasteiger partial charge in [0.25, 0.3) is 5.56 Å². The fraction of sp³-hybridized carbons (Fsp3) is 0.190. The van der Waals surface area contributed by atoms with Crippen molar-refractivity contribution >= 4 is 34.1 Å². The molecular weight excluding hydrogens is 411 g/mol. The Bertz CT molecular complexity index is 1310. The molecule has 29 heavy (non-hydrogen) atoms. The molecule has 0 bridgehead atoms. The van der Waals surface area contributed by atoms with Crippen molar-refractivity contribution in [3.05, 3.63) is 80.1 Å². The highest BCUT2D eigenvalue weighted by atomic mass is 35.5. The second-order valence-electron chi connectivity index (χ2n) is 7.02. The van der Waals surface area contributed by atoms with E-state index in [4.69, 9.17) is 27.9 Å². The molecule has 2 aromatic carbocycles. The molecule has 4 aromatic rings. The van der Waals surface area contributed by atoms with E-state index in [0.29, 0.717) is 30.2 Å². The lowest BCUT2D eigenvalue weighted by atomic mass is 10.0. The Morgan fingerprint density at radius 1 is 1.07 bits per heavy atom. The summed E-state index contributed by atoms with van der Waals surface area (Å²) in [5.41, 5.74) is 5.72. The fourth-order valence-electron chi connectivity index (χ4n) is 3.82. The Kier molecular flexibility index (Phi) is 4.42. The van der Waals surface area contributed by atoms with Gasteiger partial charge in [-0.2, -0.15) is 0 Å². The van der Waals surface area contributed by atoms with Crippen LogP contribution in [0.25, 0.3) is 22.0 Å². The molecule has 0 radical (unpaired) electrons. The first kappa shape index (κ1) is 18.4. The van der Waals surface area contributed by atoms with Gasteiger partial charge in [0.05, 0.1) is 30.7 Å². The van der Waals surface area contributed by atoms with Crippen LogP contribution in [-0.2, 0) is 31.5 Å². The van der Waals surface area contributed by atoms with Crippen molar-refractivity contribution in [2.45, 2.75) is 19.8 Å². The van der Waals surface area contributed by atoms with Crippen molar-refractivity contribution in [2.75, 3.05) is 0 Å². The van der Waals surface area contributed by atoms with Crippen molar-refractivity contribution in [3.63, 3.8) is 0 Å². The monoisotopic (exact) mass is 426 g/mol. The summed E-state index contributed by atoms with van der Waals surface area (Å²) in [6.45, 7) is 1.60. The lowest BCUT2D eigenvalue weighted by Crippen LogP contribution is -2.20. The largest absolute Gasteiger partial charge is 0.372 e. The van der Waals surface area contributed by atoms with E-state index in [0.717, 1.165) is 33.3 Å². The number of rotatable bonds is 3. The van der Waals surface area contributed by atoms with Crippen molar-refractivity contribution < 1.29 is 4.74 Å². The number of halogens is 2. The summed E-state index contributed by atoms with van der Waals surface area (Å²) in [4.78, 5) is 20.9. The van der Waals surface area contributed by atoms with Crippen molar-refractivity contribution in [2.24, 2.45) is 7.05 Å². The van der Waals surface area contributed by atoms with Gasteiger partial charge in [0, 0.05) is 30.0 Å². The predicted octanol–water partition coefficient (Wildman–Crippen LogP) is 4.18. The minimum atomic E-state index is -0.0566. The Labute approximate surface area is 176 Å². The van der Waals surface area contributed by atoms with Crippen LogP contribution in [-0.4, -0.2) is 19.3 Å². The smallest absolute Gasteiger partial charge is 0.274 e. The van der Waals surface area contributed by atoms with E-state index in [2.05, 4.69) is 9.97 Å². The molecule has 0 amide bonds. The zero-order valence-electron chi connectivity index (χ0n) is 15.5. The van der Waals surface area contributed by atoms with Crippen molar-refractivity contribution in [3.8, 4) is 11.1 Å². The van der Waals surface area contributed by atoms with Crippen LogP contribution in [0.5, 0.6) is 0 Å². The number of ether oxygens (including phenoxy) is 1. The molecular formula is C21H16Cl2N4O2. The van der Waals surface area contributed by atoms with Crippen molar-refractivity contribution in [1.82, 2.24) is 19.3 Å². The van der Waals surface area contributed by atoms with Gasteiger partial charge in [-0.1, -0.05) is 23.7 Å². The van der Waals surface area contributed by atoms with Gasteiger partial charge in [0.15, 0.2) is 0 Å². The average molecular weight is 427 g/mol. The molecule has 0 aliphatic carbocycles. The molecule has 2 aromatic heterocycles. The number of hydrogen-bond donors (Lipinski definition) is 0. The van der Waals surface area contributed by atoms with Gasteiger partial charge in [0.1, 0.15) is 0 Å². The van der Waals surface area contributed by atoms with Crippen molar-refractivity contribution in [1.29, 1.82) is 0 Å². The topological polar surface area (TPSA) is 61.9 Å². The van der Waals surface area contributed by atoms with Crippen LogP contribution in [0.2, 0.25) is 10.3 Å². The number of nitrogens with zero attached hydrogens (tertiary/aromatic N) is 4. The standard InChI is InChI=1S/C21H16Cl2N4O2/c1-26-20(28)15-4-2-12(14-7-24-21(23)25-8-14)6-19(15)27(26)9-16-17-11-29-10-13(17)3-5-18(16)22/h2-8H,9-11H2,1H3. The Balaban J connectivity index is 1.67. The van der Waals surface area contributed by atoms with Crippen LogP contribution in [0, 0.1) is 0 Å². The van der Waals surface area contributed by atoms with E-state index in [1.54, 1.807) is 24.1 Å². The van der Waals surface area contributed by atoms with E-state index in [-0.39, 0.29) is 10.8 Å². The molecule has 0 fully saturated rings. The Morgan fingerprint density at radius 2 is 1.86 bits per heavy atom. The molecule has 8 heteroatoms. The Morgan fingerprint density at radius 3 is 2.66 bits per heavy atom. The molecule has 0 saturated carbocycles. The maximum Gasteiger partial charge on any atom is 0.274 e. The molecule has 3 heterocycles. The van der Waals surface area contributed by atoms with E-state index >= 15 is 0 Å². The first-order valence-electron chi connectivity index (χ1n) is 9.07. The van der Waals surface area contributed by atoms with Gasteiger partial charge in [0.2, 0.25) is 5.28 Å². The predicted molar refractivity (Wildman–Crippen MR) is 112 cm³/mol. The highest BCUT2D eigenvalue weighted by molar-refractivity contribution is 6.31. The summed E-state index contributed by atoms with van der Waals surface area (Å²) in [5, 5.41) is 1.51. The summed E-state index contributed by atoms with van der Waals surface area (Å²) >= 11 is 12.3. The van der Waals surface area contributed by atoms with Crippen LogP contribution in [0.15, 0.2) is 47.5 Å². The minimum Gasteiger partial charge on any atom is -0.372 e. The molecule has 0 unspecified atom stereocenters. The molecule has 0 atom stereocenters. The van der Waals surface area contributed by atoms with Crippen LogP contribution >= 0.6 is 23.2 Å². The normalized spacial score (nSPS) is 13.2. The van der Waals surface area contributed by atoms with Gasteiger partial charge in [-0.05, 0) is 52.1 Å². The van der Waals surface area contributed by atoms with Gasteiger partial charge in [-0.25, -0.2) is 9.97 Å². The lowest BCUT2D eigenvalue weighted by Gasteiger charge is -2.14. The highest BCUT2D eigenvalue weighted by Crippen LogP contribution is 2.31. The van der Waals surface area contributed by atoms with Crippen LogP contribution in [0.3, 0.4) is 0 Å². The molecule has 1 aliphatic rings. The summed E-state index contributed by atoms with van der Waals surface area (Å²) in [6, 6.07) is 9.58.